The van der Waals surface area contributed by atoms with Gasteiger partial charge in [-0.05, 0) is 26.9 Å². The lowest BCUT2D eigenvalue weighted by molar-refractivity contribution is 0.0866. The highest BCUT2D eigenvalue weighted by atomic mass is 15.3. The molecule has 1 atom stereocenters. The Bertz CT molecular complexity index is 340. The van der Waals surface area contributed by atoms with Crippen molar-refractivity contribution in [3.8, 4) is 0 Å². The van der Waals surface area contributed by atoms with E-state index in [4.69, 9.17) is 5.84 Å². The maximum atomic E-state index is 5.74. The van der Waals surface area contributed by atoms with Gasteiger partial charge < -0.3 is 4.57 Å². The summed E-state index contributed by atoms with van der Waals surface area (Å²) < 4.78 is 2.01. The minimum Gasteiger partial charge on any atom is -0.337 e. The first-order valence-corrected chi connectivity index (χ1v) is 6.17. The lowest BCUT2D eigenvalue weighted by atomic mass is 9.91. The maximum Gasteiger partial charge on any atom is 0.128 e. The fourth-order valence-electron chi connectivity index (χ4n) is 2.47. The summed E-state index contributed by atoms with van der Waals surface area (Å²) in [6, 6.07) is 0.00222. The molecule has 1 rings (SSSR count). The Morgan fingerprint density at radius 1 is 1.47 bits per heavy atom. The molecule has 5 nitrogen and oxygen atoms in total. The van der Waals surface area contributed by atoms with Gasteiger partial charge in [0.05, 0.1) is 6.04 Å². The first kappa shape index (κ1) is 14.2. The summed E-state index contributed by atoms with van der Waals surface area (Å²) in [5, 5.41) is 0. The van der Waals surface area contributed by atoms with Crippen LogP contribution in [0.3, 0.4) is 0 Å². The van der Waals surface area contributed by atoms with Crippen LogP contribution in [0, 0.1) is 0 Å². The van der Waals surface area contributed by atoms with Gasteiger partial charge in [0.2, 0.25) is 0 Å². The Morgan fingerprint density at radius 2 is 2.06 bits per heavy atom. The SMILES string of the molecule is CCN(CC)C(C)(C)C(NN)c1nccn1C. The lowest BCUT2D eigenvalue weighted by Gasteiger charge is -2.42. The molecule has 1 aromatic rings. The maximum absolute atomic E-state index is 5.74. The number of rotatable bonds is 6. The second kappa shape index (κ2) is 5.62. The van der Waals surface area contributed by atoms with Gasteiger partial charge in [-0.1, -0.05) is 13.8 Å². The quantitative estimate of drug-likeness (QED) is 0.575. The molecule has 98 valence electrons. The van der Waals surface area contributed by atoms with Gasteiger partial charge in [0.25, 0.3) is 0 Å². The minimum atomic E-state index is -0.0859. The summed E-state index contributed by atoms with van der Waals surface area (Å²) >= 11 is 0. The summed E-state index contributed by atoms with van der Waals surface area (Å²) in [4.78, 5) is 6.78. The summed E-state index contributed by atoms with van der Waals surface area (Å²) in [7, 11) is 1.99. The average Bonchev–Trinajstić information content (AvgIpc) is 2.67. The molecule has 0 bridgehead atoms. The topological polar surface area (TPSA) is 59.1 Å². The number of hydrogen-bond acceptors (Lipinski definition) is 4. The molecule has 3 N–H and O–H groups in total. The number of imidazole rings is 1. The molecule has 0 fully saturated rings. The monoisotopic (exact) mass is 239 g/mol. The predicted octanol–water partition coefficient (Wildman–Crippen LogP) is 1.04. The molecular weight excluding hydrogens is 214 g/mol. The first-order valence-electron chi connectivity index (χ1n) is 6.17. The van der Waals surface area contributed by atoms with Gasteiger partial charge in [-0.3, -0.25) is 10.7 Å². The summed E-state index contributed by atoms with van der Waals surface area (Å²) in [6.45, 7) is 10.7. The second-order valence-corrected chi connectivity index (χ2v) is 4.82. The van der Waals surface area contributed by atoms with Crippen LogP contribution in [0.5, 0.6) is 0 Å². The Kier molecular flexibility index (Phi) is 4.68. The second-order valence-electron chi connectivity index (χ2n) is 4.82. The van der Waals surface area contributed by atoms with Crippen molar-refractivity contribution < 1.29 is 0 Å². The van der Waals surface area contributed by atoms with E-state index in [0.717, 1.165) is 18.9 Å². The van der Waals surface area contributed by atoms with Crippen LogP contribution in [0.2, 0.25) is 0 Å². The molecule has 0 saturated carbocycles. The van der Waals surface area contributed by atoms with E-state index < -0.39 is 0 Å². The normalized spacial score (nSPS) is 14.3. The highest BCUT2D eigenvalue weighted by Crippen LogP contribution is 2.29. The minimum absolute atomic E-state index is 0.00222. The number of likely N-dealkylation sites (N-methyl/N-ethyl adjacent to an activating group) is 1. The van der Waals surface area contributed by atoms with E-state index in [1.54, 1.807) is 6.20 Å². The van der Waals surface area contributed by atoms with Crippen molar-refractivity contribution in [2.24, 2.45) is 12.9 Å². The van der Waals surface area contributed by atoms with Crippen LogP contribution >= 0.6 is 0 Å². The largest absolute Gasteiger partial charge is 0.337 e. The third-order valence-corrected chi connectivity index (χ3v) is 3.57. The van der Waals surface area contributed by atoms with Gasteiger partial charge >= 0.3 is 0 Å². The van der Waals surface area contributed by atoms with Crippen molar-refractivity contribution in [1.82, 2.24) is 19.9 Å². The number of hydrogen-bond donors (Lipinski definition) is 2. The highest BCUT2D eigenvalue weighted by molar-refractivity contribution is 5.07. The predicted molar refractivity (Wildman–Crippen MR) is 70.3 cm³/mol. The van der Waals surface area contributed by atoms with Crippen molar-refractivity contribution in [2.45, 2.75) is 39.3 Å². The van der Waals surface area contributed by atoms with Crippen LogP contribution < -0.4 is 11.3 Å². The van der Waals surface area contributed by atoms with Crippen molar-refractivity contribution >= 4 is 0 Å². The zero-order valence-corrected chi connectivity index (χ0v) is 11.6. The molecule has 5 heteroatoms. The van der Waals surface area contributed by atoms with Crippen molar-refractivity contribution in [1.29, 1.82) is 0 Å². The standard InChI is InChI=1S/C12H25N5/c1-6-17(7-2)12(3,4)10(15-13)11-14-8-9-16(11)5/h8-10,15H,6-7,13H2,1-5H3. The molecule has 0 saturated heterocycles. The van der Waals surface area contributed by atoms with Crippen molar-refractivity contribution in [2.75, 3.05) is 13.1 Å². The molecule has 1 heterocycles. The summed E-state index contributed by atoms with van der Waals surface area (Å²) in [6.07, 6.45) is 3.75. The Labute approximate surface area is 104 Å². The van der Waals surface area contributed by atoms with E-state index in [2.05, 4.69) is 43.0 Å². The Balaban J connectivity index is 3.05. The van der Waals surface area contributed by atoms with Crippen LogP contribution in [0.4, 0.5) is 0 Å². The molecule has 1 aromatic heterocycles. The Hall–Kier alpha value is -0.910. The van der Waals surface area contributed by atoms with Crippen LogP contribution in [0.1, 0.15) is 39.6 Å². The summed E-state index contributed by atoms with van der Waals surface area (Å²) in [5.74, 6) is 6.70. The summed E-state index contributed by atoms with van der Waals surface area (Å²) in [5.41, 5.74) is 2.82. The number of hydrazine groups is 1. The van der Waals surface area contributed by atoms with E-state index >= 15 is 0 Å². The van der Waals surface area contributed by atoms with Gasteiger partial charge in [-0.2, -0.15) is 0 Å². The molecule has 1 unspecified atom stereocenters. The molecule has 0 aliphatic rings. The third-order valence-electron chi connectivity index (χ3n) is 3.57. The third kappa shape index (κ3) is 2.68. The molecule has 0 amide bonds. The lowest BCUT2D eigenvalue weighted by Crippen LogP contribution is -2.54. The van der Waals surface area contributed by atoms with Gasteiger partial charge in [-0.15, -0.1) is 0 Å². The molecule has 0 radical (unpaired) electrons. The van der Waals surface area contributed by atoms with Crippen molar-refractivity contribution in [3.05, 3.63) is 18.2 Å². The number of nitrogens with zero attached hydrogens (tertiary/aromatic N) is 3. The first-order chi connectivity index (χ1) is 7.98. The zero-order valence-electron chi connectivity index (χ0n) is 11.6. The average molecular weight is 239 g/mol. The number of aryl methyl sites for hydroxylation is 1. The molecule has 0 aliphatic carbocycles. The van der Waals surface area contributed by atoms with Crippen LogP contribution in [-0.2, 0) is 7.05 Å². The molecule has 0 aromatic carbocycles. The van der Waals surface area contributed by atoms with Crippen LogP contribution in [-0.4, -0.2) is 33.1 Å². The van der Waals surface area contributed by atoms with E-state index in [0.29, 0.717) is 0 Å². The van der Waals surface area contributed by atoms with Gasteiger partial charge in [0.15, 0.2) is 0 Å². The highest BCUT2D eigenvalue weighted by Gasteiger charge is 2.36. The molecule has 0 aliphatic heterocycles. The Morgan fingerprint density at radius 3 is 2.41 bits per heavy atom. The van der Waals surface area contributed by atoms with Gasteiger partial charge in [-0.25, -0.2) is 10.4 Å². The fraction of sp³-hybridized carbons (Fsp3) is 0.750. The van der Waals surface area contributed by atoms with E-state index in [1.165, 1.54) is 0 Å². The smallest absolute Gasteiger partial charge is 0.128 e. The van der Waals surface area contributed by atoms with E-state index in [1.807, 2.05) is 17.8 Å². The number of nitrogens with two attached hydrogens (primary N) is 1. The van der Waals surface area contributed by atoms with Gasteiger partial charge in [0.1, 0.15) is 5.82 Å². The molecular formula is C12H25N5. The van der Waals surface area contributed by atoms with Crippen LogP contribution in [0.15, 0.2) is 12.4 Å². The fourth-order valence-corrected chi connectivity index (χ4v) is 2.47. The molecule has 0 spiro atoms. The van der Waals surface area contributed by atoms with E-state index in [9.17, 15) is 0 Å². The van der Waals surface area contributed by atoms with Gasteiger partial charge in [0, 0.05) is 25.0 Å². The van der Waals surface area contributed by atoms with Crippen molar-refractivity contribution in [3.63, 3.8) is 0 Å². The molecule has 17 heavy (non-hydrogen) atoms. The number of aromatic nitrogens is 2. The van der Waals surface area contributed by atoms with E-state index in [-0.39, 0.29) is 11.6 Å². The zero-order chi connectivity index (χ0) is 13.1. The number of nitrogens with one attached hydrogen (secondary N) is 1. The van der Waals surface area contributed by atoms with Crippen LogP contribution in [0.25, 0.3) is 0 Å².